The van der Waals surface area contributed by atoms with Crippen LogP contribution in [0.3, 0.4) is 0 Å². The lowest BCUT2D eigenvalue weighted by atomic mass is 10.0. The van der Waals surface area contributed by atoms with Crippen molar-refractivity contribution >= 4 is 5.91 Å². The van der Waals surface area contributed by atoms with Crippen LogP contribution in [0.15, 0.2) is 22.8 Å². The number of hydrogen-bond donors (Lipinski definition) is 1. The molecule has 1 fully saturated rings. The first-order valence-corrected chi connectivity index (χ1v) is 10.4. The van der Waals surface area contributed by atoms with Gasteiger partial charge in [0.1, 0.15) is 6.04 Å². The van der Waals surface area contributed by atoms with Crippen molar-refractivity contribution in [3.63, 3.8) is 0 Å². The second kappa shape index (κ2) is 9.32. The van der Waals surface area contributed by atoms with Crippen LogP contribution >= 0.6 is 0 Å². The summed E-state index contributed by atoms with van der Waals surface area (Å²) in [5, 5.41) is 12.6. The largest absolute Gasteiger partial charge is 0.459 e. The Hall–Kier alpha value is -2.22. The molecular weight excluding hydrogens is 356 g/mol. The van der Waals surface area contributed by atoms with Gasteiger partial charge in [0, 0.05) is 13.0 Å². The molecule has 0 saturated carbocycles. The van der Waals surface area contributed by atoms with E-state index < -0.39 is 0 Å². The summed E-state index contributed by atoms with van der Waals surface area (Å²) in [6.07, 6.45) is 3.64. The molecule has 2 aromatic heterocycles. The SMILES string of the molecule is CC(C)CCn1nnnc1[C@H](CC(C)C)[NH+]1CCN(C(=O)c2ccco2)CC1. The third kappa shape index (κ3) is 4.98. The van der Waals surface area contributed by atoms with E-state index in [0.29, 0.717) is 17.6 Å². The third-order valence-electron chi connectivity index (χ3n) is 5.41. The van der Waals surface area contributed by atoms with Gasteiger partial charge in [-0.15, -0.1) is 5.10 Å². The topological polar surface area (TPSA) is 81.5 Å². The van der Waals surface area contributed by atoms with Crippen LogP contribution < -0.4 is 4.90 Å². The molecular formula is C20H33N6O2+. The van der Waals surface area contributed by atoms with E-state index in [1.54, 1.807) is 18.4 Å². The highest BCUT2D eigenvalue weighted by Crippen LogP contribution is 2.18. The van der Waals surface area contributed by atoms with Crippen molar-refractivity contribution in [2.24, 2.45) is 11.8 Å². The van der Waals surface area contributed by atoms with Crippen LogP contribution in [0.25, 0.3) is 0 Å². The number of quaternary nitrogens is 1. The Morgan fingerprint density at radius 3 is 2.57 bits per heavy atom. The molecule has 0 aromatic carbocycles. The molecule has 1 aliphatic rings. The number of rotatable bonds is 8. The lowest BCUT2D eigenvalue weighted by molar-refractivity contribution is -0.937. The number of nitrogens with one attached hydrogen (secondary N) is 1. The predicted octanol–water partition coefficient (Wildman–Crippen LogP) is 1.44. The molecule has 1 N–H and O–H groups in total. The molecule has 0 bridgehead atoms. The standard InChI is InChI=1S/C20H32N6O2/c1-15(2)7-8-26-19(21-22-23-26)17(14-16(3)4)24-9-11-25(12-10-24)20(27)18-6-5-13-28-18/h5-6,13,15-17H,7-12,14H2,1-4H3/p+1/t17-/m0/s1. The molecule has 8 nitrogen and oxygen atoms in total. The van der Waals surface area contributed by atoms with Gasteiger partial charge in [-0.05, 0) is 40.8 Å². The minimum atomic E-state index is -0.0220. The molecule has 0 spiro atoms. The molecule has 3 heterocycles. The van der Waals surface area contributed by atoms with Crippen LogP contribution in [0.1, 0.15) is 63.0 Å². The van der Waals surface area contributed by atoms with Crippen molar-refractivity contribution in [3.05, 3.63) is 30.0 Å². The number of nitrogens with zero attached hydrogens (tertiary/aromatic N) is 5. The highest BCUT2D eigenvalue weighted by molar-refractivity contribution is 5.91. The second-order valence-corrected chi connectivity index (χ2v) is 8.55. The van der Waals surface area contributed by atoms with Gasteiger partial charge in [0.15, 0.2) is 5.76 Å². The average Bonchev–Trinajstić information content (AvgIpc) is 3.35. The second-order valence-electron chi connectivity index (χ2n) is 8.55. The fraction of sp³-hybridized carbons (Fsp3) is 0.700. The molecule has 1 aliphatic heterocycles. The summed E-state index contributed by atoms with van der Waals surface area (Å²) in [7, 11) is 0. The number of amides is 1. The zero-order chi connectivity index (χ0) is 20.1. The van der Waals surface area contributed by atoms with E-state index in [0.717, 1.165) is 51.4 Å². The van der Waals surface area contributed by atoms with Crippen LogP contribution in [0.5, 0.6) is 0 Å². The van der Waals surface area contributed by atoms with Gasteiger partial charge >= 0.3 is 0 Å². The average molecular weight is 390 g/mol. The van der Waals surface area contributed by atoms with Crippen LogP contribution in [0.2, 0.25) is 0 Å². The molecule has 2 aromatic rings. The van der Waals surface area contributed by atoms with Gasteiger partial charge in [0.25, 0.3) is 5.91 Å². The molecule has 1 amide bonds. The van der Waals surface area contributed by atoms with Gasteiger partial charge in [0.2, 0.25) is 5.82 Å². The van der Waals surface area contributed by atoms with Crippen molar-refractivity contribution in [1.29, 1.82) is 0 Å². The Morgan fingerprint density at radius 2 is 1.96 bits per heavy atom. The van der Waals surface area contributed by atoms with Gasteiger partial charge < -0.3 is 14.2 Å². The normalized spacial score (nSPS) is 16.9. The monoisotopic (exact) mass is 389 g/mol. The fourth-order valence-electron chi connectivity index (χ4n) is 3.83. The Kier molecular flexibility index (Phi) is 6.83. The number of carbonyl (C=O) groups is 1. The Bertz CT molecular complexity index is 732. The van der Waals surface area contributed by atoms with Crippen LogP contribution in [-0.2, 0) is 6.54 Å². The van der Waals surface area contributed by atoms with E-state index in [9.17, 15) is 4.79 Å². The Labute approximate surface area is 166 Å². The van der Waals surface area contributed by atoms with Crippen molar-refractivity contribution in [2.45, 2.75) is 53.1 Å². The molecule has 1 saturated heterocycles. The van der Waals surface area contributed by atoms with E-state index in [-0.39, 0.29) is 11.9 Å². The van der Waals surface area contributed by atoms with Crippen molar-refractivity contribution in [2.75, 3.05) is 26.2 Å². The Morgan fingerprint density at radius 1 is 1.21 bits per heavy atom. The molecule has 28 heavy (non-hydrogen) atoms. The predicted molar refractivity (Wildman–Crippen MR) is 105 cm³/mol. The molecule has 0 radical (unpaired) electrons. The molecule has 3 rings (SSSR count). The number of carbonyl (C=O) groups excluding carboxylic acids is 1. The maximum atomic E-state index is 12.5. The summed E-state index contributed by atoms with van der Waals surface area (Å²) in [4.78, 5) is 15.9. The van der Waals surface area contributed by atoms with E-state index >= 15 is 0 Å². The zero-order valence-corrected chi connectivity index (χ0v) is 17.5. The number of aromatic nitrogens is 4. The Balaban J connectivity index is 1.68. The molecule has 8 heteroatoms. The highest BCUT2D eigenvalue weighted by Gasteiger charge is 2.34. The first-order valence-electron chi connectivity index (χ1n) is 10.4. The van der Waals surface area contributed by atoms with Crippen LogP contribution in [0, 0.1) is 11.8 Å². The lowest BCUT2D eigenvalue weighted by Crippen LogP contribution is -3.15. The van der Waals surface area contributed by atoms with E-state index in [2.05, 4.69) is 43.2 Å². The maximum absolute atomic E-state index is 12.5. The van der Waals surface area contributed by atoms with Gasteiger partial charge in [-0.3, -0.25) is 4.79 Å². The summed E-state index contributed by atoms with van der Waals surface area (Å²) in [5.74, 6) is 2.54. The first kappa shape index (κ1) is 20.5. The number of hydrogen-bond acceptors (Lipinski definition) is 5. The fourth-order valence-corrected chi connectivity index (χ4v) is 3.83. The van der Waals surface area contributed by atoms with Crippen molar-refractivity contribution < 1.29 is 14.1 Å². The van der Waals surface area contributed by atoms with Gasteiger partial charge in [-0.2, -0.15) is 0 Å². The van der Waals surface area contributed by atoms with Crippen LogP contribution in [0.4, 0.5) is 0 Å². The lowest BCUT2D eigenvalue weighted by Gasteiger charge is -2.36. The molecule has 154 valence electrons. The van der Waals surface area contributed by atoms with Gasteiger partial charge in [0.05, 0.1) is 32.4 Å². The van der Waals surface area contributed by atoms with Crippen LogP contribution in [-0.4, -0.2) is 57.2 Å². The summed E-state index contributed by atoms with van der Waals surface area (Å²) in [6.45, 7) is 13.0. The van der Waals surface area contributed by atoms with E-state index in [4.69, 9.17) is 4.42 Å². The summed E-state index contributed by atoms with van der Waals surface area (Å²) < 4.78 is 7.25. The van der Waals surface area contributed by atoms with Crippen molar-refractivity contribution in [3.8, 4) is 0 Å². The molecule has 0 aliphatic carbocycles. The molecule has 1 atom stereocenters. The molecule has 0 unspecified atom stereocenters. The number of piperazine rings is 1. The van der Waals surface area contributed by atoms with Gasteiger partial charge in [-0.25, -0.2) is 4.68 Å². The number of furan rings is 1. The highest BCUT2D eigenvalue weighted by atomic mass is 16.3. The number of aryl methyl sites for hydroxylation is 1. The summed E-state index contributed by atoms with van der Waals surface area (Å²) in [5.41, 5.74) is 0. The maximum Gasteiger partial charge on any atom is 0.289 e. The zero-order valence-electron chi connectivity index (χ0n) is 17.5. The van der Waals surface area contributed by atoms with Gasteiger partial charge in [-0.1, -0.05) is 27.7 Å². The minimum absolute atomic E-state index is 0.0220. The van der Waals surface area contributed by atoms with E-state index in [1.165, 1.54) is 4.90 Å². The summed E-state index contributed by atoms with van der Waals surface area (Å²) >= 11 is 0. The van der Waals surface area contributed by atoms with E-state index in [1.807, 2.05) is 9.58 Å². The smallest absolute Gasteiger partial charge is 0.289 e. The minimum Gasteiger partial charge on any atom is -0.459 e. The quantitative estimate of drug-likeness (QED) is 0.739. The first-order chi connectivity index (χ1) is 13.5. The third-order valence-corrected chi connectivity index (χ3v) is 5.41. The van der Waals surface area contributed by atoms with Crippen molar-refractivity contribution in [1.82, 2.24) is 25.1 Å². The number of tetrazole rings is 1. The summed E-state index contributed by atoms with van der Waals surface area (Å²) in [6, 6.07) is 3.74.